The Kier molecular flexibility index (Phi) is 8.85. The summed E-state index contributed by atoms with van der Waals surface area (Å²) in [6.07, 6.45) is 2.76. The summed E-state index contributed by atoms with van der Waals surface area (Å²) in [4.78, 5) is 33.5. The summed E-state index contributed by atoms with van der Waals surface area (Å²) in [5.41, 5.74) is 1.61. The molecule has 11 heteroatoms. The minimum Gasteiger partial charge on any atom is -0.493 e. The number of amides is 3. The van der Waals surface area contributed by atoms with E-state index in [1.165, 1.54) is 12.1 Å². The van der Waals surface area contributed by atoms with Gasteiger partial charge in [-0.3, -0.25) is 14.7 Å². The maximum Gasteiger partial charge on any atom is 0.329 e. The Balaban J connectivity index is 1.15. The van der Waals surface area contributed by atoms with Crippen molar-refractivity contribution in [3.8, 4) is 23.0 Å². The van der Waals surface area contributed by atoms with Gasteiger partial charge in [-0.25, -0.2) is 14.1 Å². The number of nitrogens with one attached hydrogen (secondary N) is 1. The van der Waals surface area contributed by atoms with Crippen molar-refractivity contribution in [2.45, 2.75) is 18.9 Å². The van der Waals surface area contributed by atoms with Gasteiger partial charge in [-0.2, -0.15) is 0 Å². The molecule has 2 aliphatic heterocycles. The van der Waals surface area contributed by atoms with E-state index in [2.05, 4.69) is 15.2 Å². The number of hydrogen-bond donors (Lipinski definition) is 1. The van der Waals surface area contributed by atoms with Crippen molar-refractivity contribution in [2.24, 2.45) is 0 Å². The van der Waals surface area contributed by atoms with E-state index in [0.717, 1.165) is 55.8 Å². The Morgan fingerprint density at radius 3 is 2.57 bits per heavy atom. The van der Waals surface area contributed by atoms with Crippen LogP contribution in [0, 0.1) is 5.82 Å². The number of carbonyl (C=O) groups excluding carboxylic acids is 2. The SMILES string of the molecule is COc1cc2c(Oc3ccc(N4C(=O)NC(Cc5ccccc5)C4=O)cc3F)ccnc2cc1OCCCN1CCOCC1. The highest BCUT2D eigenvalue weighted by molar-refractivity contribution is 6.21. The normalized spacial score (nSPS) is 17.1. The molecule has 0 saturated carbocycles. The maximum absolute atomic E-state index is 15.3. The second kappa shape index (κ2) is 13.3. The second-order valence-electron chi connectivity index (χ2n) is 10.6. The van der Waals surface area contributed by atoms with Crippen LogP contribution in [-0.2, 0) is 16.0 Å². The first-order valence-electron chi connectivity index (χ1n) is 14.6. The number of anilines is 1. The molecule has 1 unspecified atom stereocenters. The van der Waals surface area contributed by atoms with Crippen LogP contribution in [0.15, 0.2) is 72.9 Å². The first-order valence-corrected chi connectivity index (χ1v) is 14.6. The summed E-state index contributed by atoms with van der Waals surface area (Å²) in [6, 6.07) is 17.2. The molecule has 1 aromatic heterocycles. The third kappa shape index (κ3) is 6.43. The molecule has 0 spiro atoms. The molecule has 3 amide bonds. The van der Waals surface area contributed by atoms with E-state index in [9.17, 15) is 9.59 Å². The van der Waals surface area contributed by atoms with Crippen LogP contribution in [0.1, 0.15) is 12.0 Å². The molecule has 2 saturated heterocycles. The number of halogens is 1. The number of imide groups is 1. The number of methoxy groups -OCH3 is 1. The van der Waals surface area contributed by atoms with Crippen LogP contribution in [0.2, 0.25) is 0 Å². The van der Waals surface area contributed by atoms with Crippen molar-refractivity contribution in [3.05, 3.63) is 84.3 Å². The van der Waals surface area contributed by atoms with E-state index in [0.29, 0.717) is 41.2 Å². The zero-order valence-corrected chi connectivity index (χ0v) is 24.3. The van der Waals surface area contributed by atoms with Crippen LogP contribution >= 0.6 is 0 Å². The van der Waals surface area contributed by atoms with Gasteiger partial charge in [0.05, 0.1) is 38.1 Å². The van der Waals surface area contributed by atoms with Gasteiger partial charge in [0.2, 0.25) is 0 Å². The van der Waals surface area contributed by atoms with Crippen LogP contribution in [0.25, 0.3) is 10.9 Å². The number of fused-ring (bicyclic) bond motifs is 1. The molecule has 228 valence electrons. The van der Waals surface area contributed by atoms with Gasteiger partial charge in [-0.1, -0.05) is 30.3 Å². The molecule has 3 heterocycles. The van der Waals surface area contributed by atoms with Crippen LogP contribution in [0.4, 0.5) is 14.9 Å². The van der Waals surface area contributed by atoms with Gasteiger partial charge in [-0.05, 0) is 36.2 Å². The van der Waals surface area contributed by atoms with Gasteiger partial charge >= 0.3 is 6.03 Å². The molecular formula is C33H33FN4O6. The first kappa shape index (κ1) is 29.3. The molecular weight excluding hydrogens is 567 g/mol. The fourth-order valence-electron chi connectivity index (χ4n) is 5.38. The van der Waals surface area contributed by atoms with E-state index in [1.807, 2.05) is 30.3 Å². The van der Waals surface area contributed by atoms with Crippen LogP contribution in [-0.4, -0.2) is 74.4 Å². The zero-order valence-electron chi connectivity index (χ0n) is 24.3. The van der Waals surface area contributed by atoms with Gasteiger partial charge in [0, 0.05) is 49.8 Å². The zero-order chi connectivity index (χ0) is 30.5. The topological polar surface area (TPSA) is 102 Å². The summed E-state index contributed by atoms with van der Waals surface area (Å²) in [6.45, 7) is 4.80. The lowest BCUT2D eigenvalue weighted by Crippen LogP contribution is -2.37. The van der Waals surface area contributed by atoms with Crippen molar-refractivity contribution in [2.75, 3.05) is 51.5 Å². The maximum atomic E-state index is 15.3. The number of carbonyl (C=O) groups is 2. The Hall–Kier alpha value is -4.74. The number of aromatic nitrogens is 1. The van der Waals surface area contributed by atoms with E-state index in [4.69, 9.17) is 18.9 Å². The standard InChI is InChI=1S/C33H33FN4O6/c1-41-30-20-24-26(21-31(30)43-15-5-12-37-13-16-42-17-14-37)35-11-10-28(24)44-29-9-8-23(19-25(29)34)38-32(39)27(36-33(38)40)18-22-6-3-2-4-7-22/h2-4,6-11,19-21,27H,5,12-18H2,1H3,(H,36,40). The van der Waals surface area contributed by atoms with Gasteiger partial charge in [0.25, 0.3) is 5.91 Å². The molecule has 0 bridgehead atoms. The van der Waals surface area contributed by atoms with Crippen molar-refractivity contribution in [3.63, 3.8) is 0 Å². The van der Waals surface area contributed by atoms with Crippen molar-refractivity contribution >= 4 is 28.5 Å². The summed E-state index contributed by atoms with van der Waals surface area (Å²) in [5, 5.41) is 3.29. The molecule has 2 aliphatic rings. The average molecular weight is 601 g/mol. The molecule has 1 atom stereocenters. The molecule has 2 fully saturated rings. The highest BCUT2D eigenvalue weighted by Gasteiger charge is 2.39. The molecule has 0 radical (unpaired) electrons. The number of hydrogen-bond acceptors (Lipinski definition) is 8. The Bertz CT molecular complexity index is 1650. The molecule has 10 nitrogen and oxygen atoms in total. The number of nitrogens with zero attached hydrogens (tertiary/aromatic N) is 3. The van der Waals surface area contributed by atoms with Crippen molar-refractivity contribution in [1.29, 1.82) is 0 Å². The average Bonchev–Trinajstić information content (AvgIpc) is 3.32. The highest BCUT2D eigenvalue weighted by atomic mass is 19.1. The van der Waals surface area contributed by atoms with E-state index in [1.54, 1.807) is 31.5 Å². The van der Waals surface area contributed by atoms with Crippen molar-refractivity contribution < 1.29 is 32.9 Å². The van der Waals surface area contributed by atoms with E-state index < -0.39 is 23.8 Å². The lowest BCUT2D eigenvalue weighted by Gasteiger charge is -2.26. The third-order valence-corrected chi connectivity index (χ3v) is 7.66. The number of benzene rings is 3. The summed E-state index contributed by atoms with van der Waals surface area (Å²) in [5.74, 6) is 0.167. The monoisotopic (exact) mass is 600 g/mol. The van der Waals surface area contributed by atoms with Crippen LogP contribution < -0.4 is 24.4 Å². The van der Waals surface area contributed by atoms with Gasteiger partial charge in [0.15, 0.2) is 23.1 Å². The number of rotatable bonds is 11. The molecule has 6 rings (SSSR count). The molecule has 4 aromatic rings. The van der Waals surface area contributed by atoms with Gasteiger partial charge in [-0.15, -0.1) is 0 Å². The smallest absolute Gasteiger partial charge is 0.329 e. The number of urea groups is 1. The van der Waals surface area contributed by atoms with Gasteiger partial charge < -0.3 is 24.3 Å². The summed E-state index contributed by atoms with van der Waals surface area (Å²) < 4.78 is 38.3. The number of morpholine rings is 1. The lowest BCUT2D eigenvalue weighted by atomic mass is 10.1. The molecule has 3 aromatic carbocycles. The Labute approximate surface area is 254 Å². The van der Waals surface area contributed by atoms with Crippen LogP contribution in [0.5, 0.6) is 23.0 Å². The predicted molar refractivity (Wildman–Crippen MR) is 162 cm³/mol. The summed E-state index contributed by atoms with van der Waals surface area (Å²) >= 11 is 0. The highest BCUT2D eigenvalue weighted by Crippen LogP contribution is 2.38. The predicted octanol–water partition coefficient (Wildman–Crippen LogP) is 4.94. The van der Waals surface area contributed by atoms with Gasteiger partial charge in [0.1, 0.15) is 11.8 Å². The quantitative estimate of drug-likeness (QED) is 0.191. The Morgan fingerprint density at radius 1 is 0.977 bits per heavy atom. The van der Waals surface area contributed by atoms with Crippen LogP contribution in [0.3, 0.4) is 0 Å². The molecule has 1 N–H and O–H groups in total. The fraction of sp³-hybridized carbons (Fsp3) is 0.303. The second-order valence-corrected chi connectivity index (χ2v) is 10.6. The Morgan fingerprint density at radius 2 is 1.80 bits per heavy atom. The number of ether oxygens (including phenoxy) is 4. The fourth-order valence-corrected chi connectivity index (χ4v) is 5.38. The minimum absolute atomic E-state index is 0.0726. The summed E-state index contributed by atoms with van der Waals surface area (Å²) in [7, 11) is 1.55. The lowest BCUT2D eigenvalue weighted by molar-refractivity contribution is -0.118. The first-order chi connectivity index (χ1) is 21.5. The van der Waals surface area contributed by atoms with E-state index >= 15 is 4.39 Å². The van der Waals surface area contributed by atoms with Crippen molar-refractivity contribution in [1.82, 2.24) is 15.2 Å². The molecule has 0 aliphatic carbocycles. The van der Waals surface area contributed by atoms with E-state index in [-0.39, 0.29) is 11.4 Å². The largest absolute Gasteiger partial charge is 0.493 e. The third-order valence-electron chi connectivity index (χ3n) is 7.66. The molecule has 44 heavy (non-hydrogen) atoms. The number of pyridine rings is 1. The minimum atomic E-state index is -0.735.